The van der Waals surface area contributed by atoms with Crippen molar-refractivity contribution in [1.82, 2.24) is 10.2 Å². The lowest BCUT2D eigenvalue weighted by Crippen LogP contribution is -2.60. The number of piperazine rings is 1. The molecule has 1 fully saturated rings. The summed E-state index contributed by atoms with van der Waals surface area (Å²) in [5.41, 5.74) is 0. The summed E-state index contributed by atoms with van der Waals surface area (Å²) < 4.78 is 0. The molecule has 0 spiro atoms. The Morgan fingerprint density at radius 2 is 2.06 bits per heavy atom. The second-order valence-corrected chi connectivity index (χ2v) is 5.14. The van der Waals surface area contributed by atoms with Crippen molar-refractivity contribution in [2.24, 2.45) is 5.92 Å². The first kappa shape index (κ1) is 14.5. The zero-order valence-corrected chi connectivity index (χ0v) is 11.4. The molecule has 100 valence electrons. The molecule has 1 rings (SSSR count). The summed E-state index contributed by atoms with van der Waals surface area (Å²) in [6, 6.07) is 1.07. The topological polar surface area (TPSA) is 52.6 Å². The van der Waals surface area contributed by atoms with Gasteiger partial charge in [0.15, 0.2) is 0 Å². The highest BCUT2D eigenvalue weighted by Gasteiger charge is 2.33. The van der Waals surface area contributed by atoms with Crippen molar-refractivity contribution in [3.05, 3.63) is 0 Å². The standard InChI is InChI=1S/C13H26N2O2/c1-5-11-8-15(12(6-2)7-14-11)10(4)9(3)13(16)17/h9-12,14H,5-8H2,1-4H3,(H,16,17). The van der Waals surface area contributed by atoms with E-state index in [1.54, 1.807) is 0 Å². The highest BCUT2D eigenvalue weighted by atomic mass is 16.4. The Hall–Kier alpha value is -0.610. The number of nitrogens with one attached hydrogen (secondary N) is 1. The van der Waals surface area contributed by atoms with Gasteiger partial charge in [-0.3, -0.25) is 9.69 Å². The van der Waals surface area contributed by atoms with Crippen molar-refractivity contribution < 1.29 is 9.90 Å². The van der Waals surface area contributed by atoms with Gasteiger partial charge in [0, 0.05) is 31.2 Å². The molecule has 1 saturated heterocycles. The molecule has 1 aliphatic heterocycles. The fourth-order valence-corrected chi connectivity index (χ4v) is 2.53. The van der Waals surface area contributed by atoms with E-state index < -0.39 is 5.97 Å². The first-order valence-corrected chi connectivity index (χ1v) is 6.73. The number of nitrogens with zero attached hydrogens (tertiary/aromatic N) is 1. The van der Waals surface area contributed by atoms with E-state index in [0.29, 0.717) is 12.1 Å². The van der Waals surface area contributed by atoms with Crippen LogP contribution in [0.3, 0.4) is 0 Å². The molecule has 2 N–H and O–H groups in total. The third-order valence-corrected chi connectivity index (χ3v) is 4.14. The number of carboxylic acids is 1. The predicted octanol–water partition coefficient (Wildman–Crippen LogP) is 1.56. The van der Waals surface area contributed by atoms with E-state index in [1.807, 2.05) is 13.8 Å². The maximum atomic E-state index is 11.1. The highest BCUT2D eigenvalue weighted by molar-refractivity contribution is 5.70. The van der Waals surface area contributed by atoms with Crippen LogP contribution >= 0.6 is 0 Å². The Bertz CT molecular complexity index is 258. The van der Waals surface area contributed by atoms with Crippen LogP contribution in [-0.2, 0) is 4.79 Å². The molecular formula is C13H26N2O2. The van der Waals surface area contributed by atoms with Gasteiger partial charge in [0.1, 0.15) is 0 Å². The average Bonchev–Trinajstić information content (AvgIpc) is 2.35. The molecule has 0 radical (unpaired) electrons. The van der Waals surface area contributed by atoms with E-state index in [2.05, 4.69) is 24.1 Å². The Balaban J connectivity index is 2.71. The largest absolute Gasteiger partial charge is 0.481 e. The molecule has 17 heavy (non-hydrogen) atoms. The minimum atomic E-state index is -0.695. The van der Waals surface area contributed by atoms with Gasteiger partial charge in [-0.1, -0.05) is 20.8 Å². The van der Waals surface area contributed by atoms with Gasteiger partial charge in [0.2, 0.25) is 0 Å². The second-order valence-electron chi connectivity index (χ2n) is 5.14. The van der Waals surface area contributed by atoms with E-state index >= 15 is 0 Å². The summed E-state index contributed by atoms with van der Waals surface area (Å²) in [6.45, 7) is 10.1. The van der Waals surface area contributed by atoms with Crippen LogP contribution in [0.15, 0.2) is 0 Å². The second kappa shape index (κ2) is 6.36. The smallest absolute Gasteiger partial charge is 0.307 e. The molecule has 0 aromatic carbocycles. The number of hydrogen-bond acceptors (Lipinski definition) is 3. The van der Waals surface area contributed by atoms with Crippen molar-refractivity contribution in [2.45, 2.75) is 58.7 Å². The SMILES string of the molecule is CCC1CN(C(C)C(C)C(=O)O)C(CC)CN1. The van der Waals surface area contributed by atoms with E-state index in [4.69, 9.17) is 5.11 Å². The third kappa shape index (κ3) is 3.42. The average molecular weight is 242 g/mol. The molecule has 4 heteroatoms. The quantitative estimate of drug-likeness (QED) is 0.768. The molecule has 0 aromatic rings. The molecule has 1 heterocycles. The van der Waals surface area contributed by atoms with Crippen molar-refractivity contribution in [2.75, 3.05) is 13.1 Å². The van der Waals surface area contributed by atoms with Gasteiger partial charge in [0.25, 0.3) is 0 Å². The summed E-state index contributed by atoms with van der Waals surface area (Å²) in [5, 5.41) is 12.7. The van der Waals surface area contributed by atoms with Crippen LogP contribution in [0.2, 0.25) is 0 Å². The number of hydrogen-bond donors (Lipinski definition) is 2. The molecule has 0 bridgehead atoms. The van der Waals surface area contributed by atoms with Crippen LogP contribution in [0.5, 0.6) is 0 Å². The van der Waals surface area contributed by atoms with E-state index in [-0.39, 0.29) is 12.0 Å². The summed E-state index contributed by atoms with van der Waals surface area (Å²) in [5.74, 6) is -1.00. The molecule has 4 unspecified atom stereocenters. The molecule has 0 aliphatic carbocycles. The van der Waals surface area contributed by atoms with Crippen LogP contribution in [0.1, 0.15) is 40.5 Å². The fraction of sp³-hybridized carbons (Fsp3) is 0.923. The lowest BCUT2D eigenvalue weighted by Gasteiger charge is -2.44. The first-order chi connectivity index (χ1) is 8.01. The molecule has 0 aromatic heterocycles. The van der Waals surface area contributed by atoms with Crippen LogP contribution in [-0.4, -0.2) is 47.2 Å². The molecule has 4 atom stereocenters. The maximum absolute atomic E-state index is 11.1. The maximum Gasteiger partial charge on any atom is 0.307 e. The van der Waals surface area contributed by atoms with E-state index in [1.165, 1.54) is 0 Å². The summed E-state index contributed by atoms with van der Waals surface area (Å²) in [7, 11) is 0. The number of carbonyl (C=O) groups is 1. The van der Waals surface area contributed by atoms with Gasteiger partial charge in [-0.05, 0) is 19.8 Å². The van der Waals surface area contributed by atoms with Crippen LogP contribution in [0.25, 0.3) is 0 Å². The Kier molecular flexibility index (Phi) is 5.40. The summed E-state index contributed by atoms with van der Waals surface area (Å²) in [4.78, 5) is 13.5. The van der Waals surface area contributed by atoms with Gasteiger partial charge in [-0.2, -0.15) is 0 Å². The summed E-state index contributed by atoms with van der Waals surface area (Å²) in [6.07, 6.45) is 2.17. The number of aliphatic carboxylic acids is 1. The van der Waals surface area contributed by atoms with Gasteiger partial charge in [-0.25, -0.2) is 0 Å². The lowest BCUT2D eigenvalue weighted by atomic mass is 9.96. The van der Waals surface area contributed by atoms with E-state index in [9.17, 15) is 4.79 Å². The van der Waals surface area contributed by atoms with Crippen LogP contribution < -0.4 is 5.32 Å². The van der Waals surface area contributed by atoms with Crippen molar-refractivity contribution in [3.63, 3.8) is 0 Å². The lowest BCUT2D eigenvalue weighted by molar-refractivity contribution is -0.144. The van der Waals surface area contributed by atoms with Gasteiger partial charge >= 0.3 is 5.97 Å². The van der Waals surface area contributed by atoms with E-state index in [0.717, 1.165) is 25.9 Å². The fourth-order valence-electron chi connectivity index (χ4n) is 2.53. The number of carboxylic acid groups (broad SMARTS) is 1. The van der Waals surface area contributed by atoms with Crippen molar-refractivity contribution >= 4 is 5.97 Å². The van der Waals surface area contributed by atoms with Gasteiger partial charge in [-0.15, -0.1) is 0 Å². The molecular weight excluding hydrogens is 216 g/mol. The monoisotopic (exact) mass is 242 g/mol. The zero-order chi connectivity index (χ0) is 13.0. The zero-order valence-electron chi connectivity index (χ0n) is 11.4. The molecule has 0 saturated carbocycles. The minimum absolute atomic E-state index is 0.105. The van der Waals surface area contributed by atoms with Gasteiger partial charge in [0.05, 0.1) is 5.92 Å². The Morgan fingerprint density at radius 1 is 1.41 bits per heavy atom. The highest BCUT2D eigenvalue weighted by Crippen LogP contribution is 2.20. The first-order valence-electron chi connectivity index (χ1n) is 6.73. The molecule has 1 aliphatic rings. The summed E-state index contributed by atoms with van der Waals surface area (Å²) >= 11 is 0. The molecule has 0 amide bonds. The molecule has 4 nitrogen and oxygen atoms in total. The predicted molar refractivity (Wildman–Crippen MR) is 69.1 cm³/mol. The third-order valence-electron chi connectivity index (χ3n) is 4.14. The van der Waals surface area contributed by atoms with Gasteiger partial charge < -0.3 is 10.4 Å². The number of rotatable bonds is 5. The Morgan fingerprint density at radius 3 is 2.53 bits per heavy atom. The van der Waals surface area contributed by atoms with Crippen LogP contribution in [0, 0.1) is 5.92 Å². The van der Waals surface area contributed by atoms with Crippen LogP contribution in [0.4, 0.5) is 0 Å². The normalized spacial score (nSPS) is 29.9. The Labute approximate surface area is 104 Å². The minimum Gasteiger partial charge on any atom is -0.481 e. The van der Waals surface area contributed by atoms with Crippen molar-refractivity contribution in [1.29, 1.82) is 0 Å². The van der Waals surface area contributed by atoms with Crippen molar-refractivity contribution in [3.8, 4) is 0 Å².